The molecule has 6 heteroatoms. The maximum Gasteiger partial charge on any atom is 0.234 e. The molecule has 2 aromatic carbocycles. The Morgan fingerprint density at radius 2 is 1.75 bits per heavy atom. The lowest BCUT2D eigenvalue weighted by molar-refractivity contribution is -0.132. The molecule has 0 saturated carbocycles. The second-order valence-electron chi connectivity index (χ2n) is 8.58. The molecule has 1 fully saturated rings. The van der Waals surface area contributed by atoms with Crippen LogP contribution in [0.2, 0.25) is 0 Å². The second-order valence-corrected chi connectivity index (χ2v) is 8.58. The van der Waals surface area contributed by atoms with E-state index in [9.17, 15) is 9.59 Å². The molecule has 6 nitrogen and oxygen atoms in total. The Morgan fingerprint density at radius 1 is 1.03 bits per heavy atom. The Kier molecular flexibility index (Phi) is 6.90. The van der Waals surface area contributed by atoms with Crippen LogP contribution in [0, 0.1) is 0 Å². The summed E-state index contributed by atoms with van der Waals surface area (Å²) in [6, 6.07) is 16.4. The van der Waals surface area contributed by atoms with Crippen LogP contribution in [0.4, 0.5) is 0 Å². The summed E-state index contributed by atoms with van der Waals surface area (Å²) in [6.07, 6.45) is 3.34. The average molecular weight is 433 g/mol. The summed E-state index contributed by atoms with van der Waals surface area (Å²) in [5.74, 6) is 0.165. The first-order valence-electron chi connectivity index (χ1n) is 11.5. The Balaban J connectivity index is 1.23. The minimum absolute atomic E-state index is 0.0209. The van der Waals surface area contributed by atoms with Crippen LogP contribution in [-0.4, -0.2) is 59.3 Å². The van der Waals surface area contributed by atoms with Crippen LogP contribution in [-0.2, 0) is 22.4 Å². The number of carbonyl (C=O) groups is 2. The van der Waals surface area contributed by atoms with Gasteiger partial charge in [-0.2, -0.15) is 0 Å². The highest BCUT2D eigenvalue weighted by Crippen LogP contribution is 2.19. The first kappa shape index (κ1) is 22.1. The normalized spacial score (nSPS) is 15.6. The van der Waals surface area contributed by atoms with Crippen molar-refractivity contribution in [3.63, 3.8) is 0 Å². The van der Waals surface area contributed by atoms with Crippen molar-refractivity contribution in [2.45, 2.75) is 32.7 Å². The molecule has 0 bridgehead atoms. The number of para-hydroxylation sites is 1. The molecule has 3 aromatic rings. The van der Waals surface area contributed by atoms with Crippen molar-refractivity contribution in [3.8, 4) is 0 Å². The molecule has 2 amide bonds. The zero-order valence-electron chi connectivity index (χ0n) is 18.9. The molecule has 0 aliphatic carbocycles. The maximum atomic E-state index is 12.8. The molecule has 32 heavy (non-hydrogen) atoms. The molecule has 1 saturated heterocycles. The van der Waals surface area contributed by atoms with Gasteiger partial charge in [-0.15, -0.1) is 0 Å². The molecule has 0 radical (unpaired) electrons. The van der Waals surface area contributed by atoms with E-state index in [1.807, 2.05) is 42.3 Å². The van der Waals surface area contributed by atoms with Crippen LogP contribution in [0.3, 0.4) is 0 Å². The molecule has 1 atom stereocenters. The average Bonchev–Trinajstić information content (AvgIpc) is 3.22. The number of carbonyl (C=O) groups excluding carboxylic acids is 2. The van der Waals surface area contributed by atoms with Gasteiger partial charge in [-0.25, -0.2) is 0 Å². The van der Waals surface area contributed by atoms with Crippen molar-refractivity contribution in [2.75, 3.05) is 32.7 Å². The fourth-order valence-electron chi connectivity index (χ4n) is 4.32. The number of aromatic nitrogens is 1. The van der Waals surface area contributed by atoms with Gasteiger partial charge in [0.05, 0.1) is 19.0 Å². The molecule has 2 N–H and O–H groups in total. The Bertz CT molecular complexity index is 1060. The first-order chi connectivity index (χ1) is 15.5. The number of H-pyrrole nitrogens is 1. The van der Waals surface area contributed by atoms with Gasteiger partial charge in [-0.1, -0.05) is 49.4 Å². The topological polar surface area (TPSA) is 68.4 Å². The molecule has 0 spiro atoms. The highest BCUT2D eigenvalue weighted by atomic mass is 16.2. The van der Waals surface area contributed by atoms with E-state index in [2.05, 4.69) is 46.4 Å². The smallest absolute Gasteiger partial charge is 0.234 e. The Hall–Kier alpha value is -3.12. The van der Waals surface area contributed by atoms with Crippen LogP contribution < -0.4 is 5.32 Å². The summed E-state index contributed by atoms with van der Waals surface area (Å²) in [6.45, 7) is 7.25. The molecule has 2 heterocycles. The van der Waals surface area contributed by atoms with E-state index in [4.69, 9.17) is 0 Å². The number of nitrogens with one attached hydrogen (secondary N) is 2. The van der Waals surface area contributed by atoms with Gasteiger partial charge in [-0.05, 0) is 36.1 Å². The van der Waals surface area contributed by atoms with Gasteiger partial charge in [0.1, 0.15) is 0 Å². The van der Waals surface area contributed by atoms with Gasteiger partial charge < -0.3 is 15.2 Å². The molecule has 168 valence electrons. The summed E-state index contributed by atoms with van der Waals surface area (Å²) in [5.41, 5.74) is 4.50. The molecule has 1 unspecified atom stereocenters. The molecular weight excluding hydrogens is 400 g/mol. The number of amides is 2. The van der Waals surface area contributed by atoms with Gasteiger partial charge in [0.25, 0.3) is 0 Å². The number of piperazine rings is 1. The number of aryl methyl sites for hydroxylation is 1. The van der Waals surface area contributed by atoms with E-state index in [0.29, 0.717) is 39.1 Å². The molecule has 1 aliphatic rings. The second kappa shape index (κ2) is 10.0. The fourth-order valence-corrected chi connectivity index (χ4v) is 4.32. The predicted octanol–water partition coefficient (Wildman–Crippen LogP) is 3.29. The monoisotopic (exact) mass is 432 g/mol. The van der Waals surface area contributed by atoms with Gasteiger partial charge in [0.2, 0.25) is 11.8 Å². The van der Waals surface area contributed by atoms with Gasteiger partial charge in [-0.3, -0.25) is 14.5 Å². The zero-order valence-corrected chi connectivity index (χ0v) is 18.9. The van der Waals surface area contributed by atoms with Gasteiger partial charge in [0.15, 0.2) is 0 Å². The molecule has 1 aliphatic heterocycles. The largest absolute Gasteiger partial charge is 0.361 e. The van der Waals surface area contributed by atoms with Crippen molar-refractivity contribution in [1.82, 2.24) is 20.1 Å². The minimum Gasteiger partial charge on any atom is -0.361 e. The highest BCUT2D eigenvalue weighted by molar-refractivity contribution is 5.89. The van der Waals surface area contributed by atoms with E-state index in [1.54, 1.807) is 0 Å². The predicted molar refractivity (Wildman–Crippen MR) is 127 cm³/mol. The van der Waals surface area contributed by atoms with E-state index in [1.165, 1.54) is 5.56 Å². The summed E-state index contributed by atoms with van der Waals surface area (Å²) in [7, 11) is 0. The quantitative estimate of drug-likeness (QED) is 0.602. The lowest BCUT2D eigenvalue weighted by atomic mass is 10.0. The molecule has 1 aromatic heterocycles. The lowest BCUT2D eigenvalue weighted by Crippen LogP contribution is -2.51. The standard InChI is InChI=1S/C26H32N4O2/c1-3-20-8-10-21(11-9-20)19(2)28-25(31)18-29-12-14-30(15-13-29)26(32)16-22-17-27-24-7-5-4-6-23(22)24/h4-11,17,19,27H,3,12-16,18H2,1-2H3,(H,28,31). The summed E-state index contributed by atoms with van der Waals surface area (Å²) in [5, 5.41) is 4.20. The third kappa shape index (κ3) is 5.19. The van der Waals surface area contributed by atoms with Crippen LogP contribution in [0.1, 0.15) is 36.6 Å². The van der Waals surface area contributed by atoms with Crippen LogP contribution in [0.5, 0.6) is 0 Å². The number of benzene rings is 2. The Morgan fingerprint density at radius 3 is 2.47 bits per heavy atom. The van der Waals surface area contributed by atoms with Crippen molar-refractivity contribution < 1.29 is 9.59 Å². The van der Waals surface area contributed by atoms with Crippen molar-refractivity contribution in [3.05, 3.63) is 71.4 Å². The van der Waals surface area contributed by atoms with E-state index >= 15 is 0 Å². The van der Waals surface area contributed by atoms with E-state index in [0.717, 1.165) is 28.5 Å². The number of hydrogen-bond acceptors (Lipinski definition) is 3. The zero-order chi connectivity index (χ0) is 22.5. The third-order valence-corrected chi connectivity index (χ3v) is 6.37. The number of aromatic amines is 1. The highest BCUT2D eigenvalue weighted by Gasteiger charge is 2.23. The lowest BCUT2D eigenvalue weighted by Gasteiger charge is -2.34. The third-order valence-electron chi connectivity index (χ3n) is 6.37. The van der Waals surface area contributed by atoms with Crippen molar-refractivity contribution in [1.29, 1.82) is 0 Å². The first-order valence-corrected chi connectivity index (χ1v) is 11.5. The number of fused-ring (bicyclic) bond motifs is 1. The van der Waals surface area contributed by atoms with E-state index < -0.39 is 0 Å². The molecule has 4 rings (SSSR count). The van der Waals surface area contributed by atoms with E-state index in [-0.39, 0.29) is 17.9 Å². The SMILES string of the molecule is CCc1ccc(C(C)NC(=O)CN2CCN(C(=O)Cc3c[nH]c4ccccc34)CC2)cc1. The number of nitrogens with zero attached hydrogens (tertiary/aromatic N) is 2. The summed E-state index contributed by atoms with van der Waals surface area (Å²) in [4.78, 5) is 32.6. The summed E-state index contributed by atoms with van der Waals surface area (Å²) < 4.78 is 0. The van der Waals surface area contributed by atoms with Crippen LogP contribution >= 0.6 is 0 Å². The van der Waals surface area contributed by atoms with Crippen LogP contribution in [0.15, 0.2) is 54.7 Å². The number of rotatable bonds is 7. The number of hydrogen-bond donors (Lipinski definition) is 2. The Labute approximate surface area is 189 Å². The van der Waals surface area contributed by atoms with Gasteiger partial charge >= 0.3 is 0 Å². The summed E-state index contributed by atoms with van der Waals surface area (Å²) >= 11 is 0. The van der Waals surface area contributed by atoms with Crippen molar-refractivity contribution in [2.24, 2.45) is 0 Å². The minimum atomic E-state index is -0.0209. The maximum absolute atomic E-state index is 12.8. The van der Waals surface area contributed by atoms with Gasteiger partial charge in [0, 0.05) is 43.3 Å². The molecular formula is C26H32N4O2. The fraction of sp³-hybridized carbons (Fsp3) is 0.385. The van der Waals surface area contributed by atoms with Crippen LogP contribution in [0.25, 0.3) is 10.9 Å². The van der Waals surface area contributed by atoms with Crippen molar-refractivity contribution >= 4 is 22.7 Å².